The second kappa shape index (κ2) is 7.55. The van der Waals surface area contributed by atoms with E-state index in [9.17, 15) is 9.59 Å². The molecule has 3 aromatic rings. The number of halogens is 2. The predicted octanol–water partition coefficient (Wildman–Crippen LogP) is 4.59. The molecule has 1 heterocycles. The number of nitrogens with one attached hydrogen (secondary N) is 1. The summed E-state index contributed by atoms with van der Waals surface area (Å²) in [5.74, 6) is -0.425. The Morgan fingerprint density at radius 1 is 1.04 bits per heavy atom. The molecule has 0 fully saturated rings. The number of nitrogens with zero attached hydrogens (tertiary/aromatic N) is 2. The van der Waals surface area contributed by atoms with E-state index in [-0.39, 0.29) is 5.56 Å². The van der Waals surface area contributed by atoms with E-state index in [4.69, 9.17) is 23.2 Å². The number of aromatic nitrogens is 2. The van der Waals surface area contributed by atoms with Crippen LogP contribution in [0.4, 0.5) is 5.69 Å². The SMILES string of the molecule is CC(C)(C(=O)Nc1ccc(Cl)cc1Cl)n1nc(-c2ccccc2)ccc1=O. The monoisotopic (exact) mass is 401 g/mol. The van der Waals surface area contributed by atoms with Crippen LogP contribution < -0.4 is 10.9 Å². The third-order valence-corrected chi connectivity index (χ3v) is 4.68. The van der Waals surface area contributed by atoms with Crippen molar-refractivity contribution in [3.63, 3.8) is 0 Å². The topological polar surface area (TPSA) is 64.0 Å². The molecule has 1 aromatic heterocycles. The highest BCUT2D eigenvalue weighted by Crippen LogP contribution is 2.27. The molecular weight excluding hydrogens is 385 g/mol. The predicted molar refractivity (Wildman–Crippen MR) is 108 cm³/mol. The summed E-state index contributed by atoms with van der Waals surface area (Å²) in [7, 11) is 0. The summed E-state index contributed by atoms with van der Waals surface area (Å²) in [5.41, 5.74) is 0.234. The number of hydrogen-bond acceptors (Lipinski definition) is 3. The lowest BCUT2D eigenvalue weighted by Gasteiger charge is -2.25. The van der Waals surface area contributed by atoms with Gasteiger partial charge in [0.25, 0.3) is 11.5 Å². The van der Waals surface area contributed by atoms with Gasteiger partial charge in [-0.1, -0.05) is 53.5 Å². The Hall–Kier alpha value is -2.63. The fourth-order valence-corrected chi connectivity index (χ4v) is 2.99. The molecule has 138 valence electrons. The standard InChI is InChI=1S/C20H17Cl2N3O2/c1-20(2,19(27)23-17-9-8-14(21)12-15(17)22)25-18(26)11-10-16(24-25)13-6-4-3-5-7-13/h3-12H,1-2H3,(H,23,27). The van der Waals surface area contributed by atoms with Crippen LogP contribution in [0.2, 0.25) is 10.0 Å². The van der Waals surface area contributed by atoms with Gasteiger partial charge < -0.3 is 5.32 Å². The van der Waals surface area contributed by atoms with Crippen molar-refractivity contribution >= 4 is 34.8 Å². The van der Waals surface area contributed by atoms with Crippen LogP contribution in [0.15, 0.2) is 65.5 Å². The minimum absolute atomic E-state index is 0.310. The van der Waals surface area contributed by atoms with Crippen molar-refractivity contribution in [2.24, 2.45) is 0 Å². The van der Waals surface area contributed by atoms with E-state index in [2.05, 4.69) is 10.4 Å². The van der Waals surface area contributed by atoms with Crippen LogP contribution in [0.3, 0.4) is 0 Å². The van der Waals surface area contributed by atoms with E-state index in [0.29, 0.717) is 21.4 Å². The van der Waals surface area contributed by atoms with Crippen molar-refractivity contribution < 1.29 is 4.79 Å². The highest BCUT2D eigenvalue weighted by molar-refractivity contribution is 6.36. The minimum atomic E-state index is -1.25. The molecule has 27 heavy (non-hydrogen) atoms. The van der Waals surface area contributed by atoms with Gasteiger partial charge in [0.15, 0.2) is 0 Å². The van der Waals surface area contributed by atoms with Crippen molar-refractivity contribution in [2.75, 3.05) is 5.32 Å². The van der Waals surface area contributed by atoms with Gasteiger partial charge in [-0.25, -0.2) is 4.68 Å². The maximum atomic E-state index is 12.9. The zero-order chi connectivity index (χ0) is 19.6. The Morgan fingerprint density at radius 2 is 1.74 bits per heavy atom. The van der Waals surface area contributed by atoms with E-state index < -0.39 is 11.4 Å². The number of anilines is 1. The van der Waals surface area contributed by atoms with Gasteiger partial charge in [-0.05, 0) is 38.1 Å². The largest absolute Gasteiger partial charge is 0.323 e. The van der Waals surface area contributed by atoms with Gasteiger partial charge >= 0.3 is 0 Å². The van der Waals surface area contributed by atoms with Crippen LogP contribution in [-0.4, -0.2) is 15.7 Å². The van der Waals surface area contributed by atoms with Crippen molar-refractivity contribution in [3.05, 3.63) is 81.1 Å². The van der Waals surface area contributed by atoms with Crippen LogP contribution in [0.5, 0.6) is 0 Å². The van der Waals surface area contributed by atoms with Gasteiger partial charge in [-0.2, -0.15) is 5.10 Å². The first-order valence-electron chi connectivity index (χ1n) is 8.22. The fourth-order valence-electron chi connectivity index (χ4n) is 2.54. The molecule has 2 aromatic carbocycles. The first-order chi connectivity index (χ1) is 12.8. The molecule has 0 aliphatic carbocycles. The van der Waals surface area contributed by atoms with Gasteiger partial charge in [-0.3, -0.25) is 9.59 Å². The quantitative estimate of drug-likeness (QED) is 0.694. The normalized spacial score (nSPS) is 11.3. The lowest BCUT2D eigenvalue weighted by Crippen LogP contribution is -2.47. The van der Waals surface area contributed by atoms with E-state index in [1.54, 1.807) is 32.0 Å². The van der Waals surface area contributed by atoms with Crippen LogP contribution in [0.1, 0.15) is 13.8 Å². The summed E-state index contributed by atoms with van der Waals surface area (Å²) in [6.45, 7) is 3.24. The van der Waals surface area contributed by atoms with Crippen molar-refractivity contribution in [3.8, 4) is 11.3 Å². The van der Waals surface area contributed by atoms with E-state index in [0.717, 1.165) is 5.56 Å². The van der Waals surface area contributed by atoms with Crippen LogP contribution in [-0.2, 0) is 10.3 Å². The van der Waals surface area contributed by atoms with Crippen molar-refractivity contribution in [1.29, 1.82) is 0 Å². The average molecular weight is 402 g/mol. The second-order valence-corrected chi connectivity index (χ2v) is 7.32. The Morgan fingerprint density at radius 3 is 2.41 bits per heavy atom. The van der Waals surface area contributed by atoms with Gasteiger partial charge in [0, 0.05) is 16.7 Å². The maximum Gasteiger partial charge on any atom is 0.267 e. The molecule has 0 atom stereocenters. The van der Waals surface area contributed by atoms with Gasteiger partial charge in [0.05, 0.1) is 16.4 Å². The molecule has 0 aliphatic heterocycles. The number of hydrogen-bond donors (Lipinski definition) is 1. The zero-order valence-electron chi connectivity index (χ0n) is 14.7. The number of amides is 1. The first kappa shape index (κ1) is 19.1. The highest BCUT2D eigenvalue weighted by Gasteiger charge is 2.32. The van der Waals surface area contributed by atoms with Gasteiger partial charge in [0.1, 0.15) is 5.54 Å². The minimum Gasteiger partial charge on any atom is -0.323 e. The molecule has 5 nitrogen and oxygen atoms in total. The fraction of sp³-hybridized carbons (Fsp3) is 0.150. The van der Waals surface area contributed by atoms with Crippen molar-refractivity contribution in [1.82, 2.24) is 9.78 Å². The highest BCUT2D eigenvalue weighted by atomic mass is 35.5. The van der Waals surface area contributed by atoms with Gasteiger partial charge in [0.2, 0.25) is 0 Å². The summed E-state index contributed by atoms with van der Waals surface area (Å²) < 4.78 is 1.18. The smallest absolute Gasteiger partial charge is 0.267 e. The van der Waals surface area contributed by atoms with Crippen LogP contribution in [0.25, 0.3) is 11.3 Å². The molecule has 0 spiro atoms. The summed E-state index contributed by atoms with van der Waals surface area (Å²) in [4.78, 5) is 25.3. The Bertz CT molecular complexity index is 1050. The number of carbonyl (C=O) groups excluding carboxylic acids is 1. The molecule has 1 N–H and O–H groups in total. The maximum absolute atomic E-state index is 12.9. The Balaban J connectivity index is 1.96. The molecule has 0 unspecified atom stereocenters. The molecule has 1 amide bonds. The third-order valence-electron chi connectivity index (χ3n) is 4.13. The molecule has 0 bridgehead atoms. The zero-order valence-corrected chi connectivity index (χ0v) is 16.3. The summed E-state index contributed by atoms with van der Waals surface area (Å²) >= 11 is 12.0. The average Bonchev–Trinajstić information content (AvgIpc) is 2.65. The molecule has 0 saturated carbocycles. The lowest BCUT2D eigenvalue weighted by atomic mass is 10.0. The molecule has 0 radical (unpaired) electrons. The summed E-state index contributed by atoms with van der Waals surface area (Å²) in [6.07, 6.45) is 0. The van der Waals surface area contributed by atoms with E-state index in [1.807, 2.05) is 30.3 Å². The molecule has 3 rings (SSSR count). The molecular formula is C20H17Cl2N3O2. The first-order valence-corrected chi connectivity index (χ1v) is 8.97. The molecule has 0 aliphatic rings. The van der Waals surface area contributed by atoms with E-state index in [1.165, 1.54) is 16.8 Å². The Labute approximate surface area is 166 Å². The summed E-state index contributed by atoms with van der Waals surface area (Å²) in [5, 5.41) is 7.91. The lowest BCUT2D eigenvalue weighted by molar-refractivity contribution is -0.123. The van der Waals surface area contributed by atoms with Crippen molar-refractivity contribution in [2.45, 2.75) is 19.4 Å². The third kappa shape index (κ3) is 4.04. The van der Waals surface area contributed by atoms with Gasteiger partial charge in [-0.15, -0.1) is 0 Å². The number of benzene rings is 2. The number of carbonyl (C=O) groups is 1. The molecule has 0 saturated heterocycles. The molecule has 7 heteroatoms. The second-order valence-electron chi connectivity index (χ2n) is 6.47. The van der Waals surface area contributed by atoms with Crippen LogP contribution in [0, 0.1) is 0 Å². The van der Waals surface area contributed by atoms with E-state index >= 15 is 0 Å². The summed E-state index contributed by atoms with van der Waals surface area (Å²) in [6, 6.07) is 17.2. The number of rotatable bonds is 4. The Kier molecular flexibility index (Phi) is 5.35. The van der Waals surface area contributed by atoms with Crippen LogP contribution >= 0.6 is 23.2 Å².